The quantitative estimate of drug-likeness (QED) is 0.560. The smallest absolute Gasteiger partial charge is 0.352 e. The molecular weight excluding hydrogens is 342 g/mol. The average molecular weight is 359 g/mol. The number of aromatic nitrogens is 1. The van der Waals surface area contributed by atoms with Crippen molar-refractivity contribution in [3.05, 3.63) is 83.6 Å². The van der Waals surface area contributed by atoms with Crippen LogP contribution in [-0.4, -0.2) is 26.7 Å². The summed E-state index contributed by atoms with van der Waals surface area (Å²) in [5, 5.41) is 22.0. The number of carboxylic acid groups (broad SMARTS) is 2. The average Bonchev–Trinajstić information content (AvgIpc) is 2.95. The van der Waals surface area contributed by atoms with Gasteiger partial charge in [0.1, 0.15) is 12.2 Å². The second-order valence-electron chi connectivity index (χ2n) is 6.44. The van der Waals surface area contributed by atoms with Crippen LogP contribution in [0, 0.1) is 0 Å². The Morgan fingerprint density at radius 3 is 2.22 bits per heavy atom. The zero-order valence-electron chi connectivity index (χ0n) is 14.4. The van der Waals surface area contributed by atoms with E-state index >= 15 is 0 Å². The molecule has 0 spiro atoms. The Labute approximate surface area is 155 Å². The normalized spacial score (nSPS) is 11.1. The van der Waals surface area contributed by atoms with Crippen molar-refractivity contribution < 1.29 is 19.8 Å². The van der Waals surface area contributed by atoms with Gasteiger partial charge in [0.05, 0.1) is 0 Å². The van der Waals surface area contributed by atoms with E-state index in [1.165, 1.54) is 4.57 Å². The molecule has 134 valence electrons. The standard InChI is InChI=1S/C22H17NO4/c24-20(25)13-23-19-11-4-3-10-17(19)18(21(23)22(26)27)12-15-8-5-7-14-6-1-2-9-16(14)15/h1-11H,12-13H2,(H,24,25)(H,26,27). The van der Waals surface area contributed by atoms with Crippen LogP contribution in [0.4, 0.5) is 0 Å². The third kappa shape index (κ3) is 2.93. The predicted molar refractivity (Wildman–Crippen MR) is 103 cm³/mol. The fourth-order valence-electron chi connectivity index (χ4n) is 3.74. The Morgan fingerprint density at radius 1 is 0.815 bits per heavy atom. The lowest BCUT2D eigenvalue weighted by Gasteiger charge is -2.09. The van der Waals surface area contributed by atoms with E-state index in [0.717, 1.165) is 21.7 Å². The molecule has 2 N–H and O–H groups in total. The van der Waals surface area contributed by atoms with E-state index in [4.69, 9.17) is 0 Å². The first-order valence-corrected chi connectivity index (χ1v) is 8.58. The molecule has 0 saturated heterocycles. The molecule has 0 aliphatic heterocycles. The Hall–Kier alpha value is -3.60. The maximum atomic E-state index is 12.0. The summed E-state index contributed by atoms with van der Waals surface area (Å²) in [5.74, 6) is -2.20. The van der Waals surface area contributed by atoms with Crippen molar-refractivity contribution in [1.29, 1.82) is 0 Å². The monoisotopic (exact) mass is 359 g/mol. The highest BCUT2D eigenvalue weighted by atomic mass is 16.4. The van der Waals surface area contributed by atoms with Gasteiger partial charge in [-0.05, 0) is 28.0 Å². The zero-order valence-corrected chi connectivity index (χ0v) is 14.4. The van der Waals surface area contributed by atoms with E-state index in [-0.39, 0.29) is 5.69 Å². The second-order valence-corrected chi connectivity index (χ2v) is 6.44. The number of aliphatic carboxylic acids is 1. The topological polar surface area (TPSA) is 79.5 Å². The van der Waals surface area contributed by atoms with Crippen LogP contribution in [0.25, 0.3) is 21.7 Å². The minimum Gasteiger partial charge on any atom is -0.480 e. The van der Waals surface area contributed by atoms with Crippen LogP contribution in [0.3, 0.4) is 0 Å². The van der Waals surface area contributed by atoms with Crippen LogP contribution in [-0.2, 0) is 17.8 Å². The van der Waals surface area contributed by atoms with Crippen LogP contribution < -0.4 is 0 Å². The van der Waals surface area contributed by atoms with Crippen LogP contribution in [0.5, 0.6) is 0 Å². The molecule has 0 amide bonds. The van der Waals surface area contributed by atoms with Crippen molar-refractivity contribution in [3.63, 3.8) is 0 Å². The lowest BCUT2D eigenvalue weighted by Crippen LogP contribution is -2.15. The van der Waals surface area contributed by atoms with Crippen molar-refractivity contribution >= 4 is 33.6 Å². The molecule has 1 heterocycles. The maximum Gasteiger partial charge on any atom is 0.352 e. The molecule has 0 saturated carbocycles. The van der Waals surface area contributed by atoms with Gasteiger partial charge in [-0.1, -0.05) is 60.7 Å². The summed E-state index contributed by atoms with van der Waals surface area (Å²) in [7, 11) is 0. The number of nitrogens with zero attached hydrogens (tertiary/aromatic N) is 1. The Kier molecular flexibility index (Phi) is 4.12. The zero-order chi connectivity index (χ0) is 19.0. The first-order chi connectivity index (χ1) is 13.1. The molecule has 0 aliphatic carbocycles. The predicted octanol–water partition coefficient (Wildman–Crippen LogP) is 4.17. The number of carboxylic acids is 2. The highest BCUT2D eigenvalue weighted by Crippen LogP contribution is 2.30. The van der Waals surface area contributed by atoms with Crippen molar-refractivity contribution in [1.82, 2.24) is 4.57 Å². The number of para-hydroxylation sites is 1. The maximum absolute atomic E-state index is 12.0. The second kappa shape index (κ2) is 6.61. The van der Waals surface area contributed by atoms with E-state index in [0.29, 0.717) is 17.5 Å². The molecule has 0 radical (unpaired) electrons. The van der Waals surface area contributed by atoms with Crippen molar-refractivity contribution in [2.24, 2.45) is 0 Å². The third-order valence-electron chi connectivity index (χ3n) is 4.82. The van der Waals surface area contributed by atoms with Gasteiger partial charge in [-0.3, -0.25) is 4.79 Å². The minimum absolute atomic E-state index is 0.0338. The summed E-state index contributed by atoms with van der Waals surface area (Å²) >= 11 is 0. The van der Waals surface area contributed by atoms with Gasteiger partial charge in [0.15, 0.2) is 0 Å². The molecule has 0 bridgehead atoms. The number of aromatic carboxylic acids is 1. The number of benzene rings is 3. The van der Waals surface area contributed by atoms with Crippen LogP contribution in [0.15, 0.2) is 66.7 Å². The molecule has 4 rings (SSSR count). The van der Waals surface area contributed by atoms with E-state index < -0.39 is 18.5 Å². The van der Waals surface area contributed by atoms with Gasteiger partial charge >= 0.3 is 11.9 Å². The summed E-state index contributed by atoms with van der Waals surface area (Å²) in [4.78, 5) is 23.3. The molecule has 0 atom stereocenters. The number of carbonyl (C=O) groups is 2. The molecule has 0 fully saturated rings. The summed E-state index contributed by atoms with van der Waals surface area (Å²) in [6.45, 7) is -0.391. The fraction of sp³-hybridized carbons (Fsp3) is 0.0909. The lowest BCUT2D eigenvalue weighted by atomic mass is 9.96. The molecule has 3 aromatic carbocycles. The largest absolute Gasteiger partial charge is 0.480 e. The fourth-order valence-corrected chi connectivity index (χ4v) is 3.74. The molecule has 5 nitrogen and oxygen atoms in total. The summed E-state index contributed by atoms with van der Waals surface area (Å²) < 4.78 is 1.38. The van der Waals surface area contributed by atoms with E-state index in [9.17, 15) is 19.8 Å². The van der Waals surface area contributed by atoms with Gasteiger partial charge in [-0.2, -0.15) is 0 Å². The van der Waals surface area contributed by atoms with E-state index in [2.05, 4.69) is 0 Å². The van der Waals surface area contributed by atoms with Gasteiger partial charge in [0.2, 0.25) is 0 Å². The van der Waals surface area contributed by atoms with Gasteiger partial charge < -0.3 is 14.8 Å². The van der Waals surface area contributed by atoms with Gasteiger partial charge in [-0.15, -0.1) is 0 Å². The Balaban J connectivity index is 1.97. The number of rotatable bonds is 5. The van der Waals surface area contributed by atoms with Crippen molar-refractivity contribution in [3.8, 4) is 0 Å². The molecule has 0 aliphatic rings. The molecule has 4 aromatic rings. The summed E-state index contributed by atoms with van der Waals surface area (Å²) in [5.41, 5.74) is 2.30. The van der Waals surface area contributed by atoms with Crippen molar-refractivity contribution in [2.75, 3.05) is 0 Å². The van der Waals surface area contributed by atoms with Crippen LogP contribution in [0.2, 0.25) is 0 Å². The highest BCUT2D eigenvalue weighted by molar-refractivity contribution is 5.99. The molecule has 0 unspecified atom stereocenters. The summed E-state index contributed by atoms with van der Waals surface area (Å²) in [6, 6.07) is 21.1. The molecule has 5 heteroatoms. The number of hydrogen-bond acceptors (Lipinski definition) is 2. The number of fused-ring (bicyclic) bond motifs is 2. The van der Waals surface area contributed by atoms with Gasteiger partial charge in [0, 0.05) is 17.3 Å². The minimum atomic E-state index is -1.12. The van der Waals surface area contributed by atoms with E-state index in [1.54, 1.807) is 12.1 Å². The van der Waals surface area contributed by atoms with E-state index in [1.807, 2.05) is 54.6 Å². The molecule has 1 aromatic heterocycles. The van der Waals surface area contributed by atoms with Crippen LogP contribution in [0.1, 0.15) is 21.6 Å². The first-order valence-electron chi connectivity index (χ1n) is 8.58. The third-order valence-corrected chi connectivity index (χ3v) is 4.82. The Morgan fingerprint density at radius 2 is 1.48 bits per heavy atom. The molecule has 27 heavy (non-hydrogen) atoms. The van der Waals surface area contributed by atoms with Gasteiger partial charge in [0.25, 0.3) is 0 Å². The first kappa shape index (κ1) is 16.8. The molecular formula is C22H17NO4. The number of hydrogen-bond donors (Lipinski definition) is 2. The van der Waals surface area contributed by atoms with Gasteiger partial charge in [-0.25, -0.2) is 4.79 Å². The van der Waals surface area contributed by atoms with Crippen LogP contribution >= 0.6 is 0 Å². The lowest BCUT2D eigenvalue weighted by molar-refractivity contribution is -0.137. The summed E-state index contributed by atoms with van der Waals surface area (Å²) in [6.07, 6.45) is 0.413. The SMILES string of the molecule is O=C(O)Cn1c(C(=O)O)c(Cc2cccc3ccccc23)c2ccccc21. The van der Waals surface area contributed by atoms with Crippen molar-refractivity contribution in [2.45, 2.75) is 13.0 Å². The highest BCUT2D eigenvalue weighted by Gasteiger charge is 2.23. The Bertz CT molecular complexity index is 1180.